The van der Waals surface area contributed by atoms with Crippen molar-refractivity contribution < 1.29 is 4.79 Å². The topological polar surface area (TPSA) is 95.6 Å². The van der Waals surface area contributed by atoms with E-state index in [4.69, 9.17) is 11.1 Å². The van der Waals surface area contributed by atoms with Crippen molar-refractivity contribution in [3.05, 3.63) is 89.2 Å². The van der Waals surface area contributed by atoms with Crippen molar-refractivity contribution in [1.29, 1.82) is 5.41 Å². The van der Waals surface area contributed by atoms with Crippen LogP contribution < -0.4 is 5.73 Å². The van der Waals surface area contributed by atoms with Gasteiger partial charge >= 0.3 is 0 Å². The van der Waals surface area contributed by atoms with Crippen LogP contribution in [0.25, 0.3) is 22.2 Å². The van der Waals surface area contributed by atoms with Gasteiger partial charge in [0.2, 0.25) is 0 Å². The fourth-order valence-corrected chi connectivity index (χ4v) is 3.24. The first-order valence-electron chi connectivity index (χ1n) is 8.58. The Morgan fingerprint density at radius 1 is 0.963 bits per heavy atom. The summed E-state index contributed by atoms with van der Waals surface area (Å²) >= 11 is 0. The Morgan fingerprint density at radius 2 is 1.63 bits per heavy atom. The number of aryl methyl sites for hydroxylation is 1. The number of aromatic amines is 1. The molecule has 1 aromatic heterocycles. The van der Waals surface area contributed by atoms with Crippen LogP contribution in [-0.4, -0.2) is 21.6 Å². The van der Waals surface area contributed by atoms with Gasteiger partial charge in [-0.05, 0) is 30.2 Å². The molecular formula is C22H18N4O. The molecular weight excluding hydrogens is 336 g/mol. The molecule has 0 unspecified atom stereocenters. The zero-order valence-corrected chi connectivity index (χ0v) is 14.8. The smallest absolute Gasteiger partial charge is 0.196 e. The third-order valence-electron chi connectivity index (χ3n) is 4.54. The Bertz CT molecular complexity index is 1160. The van der Waals surface area contributed by atoms with E-state index < -0.39 is 0 Å². The zero-order chi connectivity index (χ0) is 19.0. The highest BCUT2D eigenvalue weighted by atomic mass is 16.1. The van der Waals surface area contributed by atoms with Crippen LogP contribution in [0.5, 0.6) is 0 Å². The number of nitrogens with one attached hydrogen (secondary N) is 2. The number of hydrogen-bond acceptors (Lipinski definition) is 3. The van der Waals surface area contributed by atoms with Crippen molar-refractivity contribution in [1.82, 2.24) is 9.97 Å². The van der Waals surface area contributed by atoms with Gasteiger partial charge in [-0.15, -0.1) is 0 Å². The lowest BCUT2D eigenvalue weighted by Gasteiger charge is -2.09. The number of fused-ring (bicyclic) bond motifs is 1. The van der Waals surface area contributed by atoms with Gasteiger partial charge in [0.05, 0.1) is 11.1 Å². The Balaban J connectivity index is 1.81. The first kappa shape index (κ1) is 16.7. The highest BCUT2D eigenvalue weighted by Gasteiger charge is 2.21. The minimum Gasteiger partial charge on any atom is -0.384 e. The summed E-state index contributed by atoms with van der Waals surface area (Å²) in [6.07, 6.45) is 0. The van der Waals surface area contributed by atoms with E-state index in [9.17, 15) is 4.79 Å². The number of amidine groups is 1. The first-order chi connectivity index (χ1) is 13.0. The molecule has 0 radical (unpaired) electrons. The van der Waals surface area contributed by atoms with Crippen LogP contribution in [0, 0.1) is 12.3 Å². The fourth-order valence-electron chi connectivity index (χ4n) is 3.24. The Morgan fingerprint density at radius 3 is 2.30 bits per heavy atom. The van der Waals surface area contributed by atoms with Crippen molar-refractivity contribution in [2.24, 2.45) is 5.73 Å². The van der Waals surface area contributed by atoms with Crippen LogP contribution in [0.4, 0.5) is 0 Å². The molecule has 0 saturated carbocycles. The number of nitrogen functional groups attached to an aromatic ring is 1. The van der Waals surface area contributed by atoms with Gasteiger partial charge in [0.15, 0.2) is 5.78 Å². The maximum absolute atomic E-state index is 13.2. The van der Waals surface area contributed by atoms with E-state index in [1.165, 1.54) is 0 Å². The van der Waals surface area contributed by atoms with Gasteiger partial charge < -0.3 is 10.7 Å². The number of nitrogens with two attached hydrogens (primary N) is 1. The predicted octanol–water partition coefficient (Wildman–Crippen LogP) is 4.05. The molecule has 4 N–H and O–H groups in total. The average molecular weight is 354 g/mol. The van der Waals surface area contributed by atoms with Gasteiger partial charge in [-0.25, -0.2) is 4.98 Å². The summed E-state index contributed by atoms with van der Waals surface area (Å²) in [6, 6.07) is 20.9. The molecule has 0 fully saturated rings. The van der Waals surface area contributed by atoms with Gasteiger partial charge in [0.25, 0.3) is 0 Å². The molecule has 132 valence electrons. The first-order valence-corrected chi connectivity index (χ1v) is 8.58. The lowest BCUT2D eigenvalue weighted by atomic mass is 9.95. The second-order valence-corrected chi connectivity index (χ2v) is 6.39. The van der Waals surface area contributed by atoms with E-state index in [1.54, 1.807) is 24.3 Å². The summed E-state index contributed by atoms with van der Waals surface area (Å²) in [6.45, 7) is 1.83. The predicted molar refractivity (Wildman–Crippen MR) is 107 cm³/mol. The third-order valence-corrected chi connectivity index (χ3v) is 4.54. The van der Waals surface area contributed by atoms with Crippen molar-refractivity contribution in [3.8, 4) is 11.1 Å². The summed E-state index contributed by atoms with van der Waals surface area (Å²) < 4.78 is 0. The van der Waals surface area contributed by atoms with Crippen LogP contribution >= 0.6 is 0 Å². The maximum Gasteiger partial charge on any atom is 0.196 e. The van der Waals surface area contributed by atoms with Gasteiger partial charge in [-0.3, -0.25) is 10.2 Å². The Kier molecular flexibility index (Phi) is 4.05. The van der Waals surface area contributed by atoms with Crippen molar-refractivity contribution in [3.63, 3.8) is 0 Å². The number of hydrogen-bond donors (Lipinski definition) is 3. The molecule has 0 spiro atoms. The number of carbonyl (C=O) groups excluding carboxylic acids is 1. The highest BCUT2D eigenvalue weighted by Crippen LogP contribution is 2.25. The molecule has 1 heterocycles. The highest BCUT2D eigenvalue weighted by molar-refractivity contribution is 6.21. The quantitative estimate of drug-likeness (QED) is 0.293. The molecule has 5 nitrogen and oxygen atoms in total. The van der Waals surface area contributed by atoms with Crippen LogP contribution in [-0.2, 0) is 0 Å². The molecule has 3 aromatic carbocycles. The van der Waals surface area contributed by atoms with E-state index in [-0.39, 0.29) is 11.6 Å². The molecule has 5 heteroatoms. The number of benzene rings is 3. The molecule has 0 aliphatic carbocycles. The molecule has 0 saturated heterocycles. The van der Waals surface area contributed by atoms with Gasteiger partial charge in [-0.1, -0.05) is 54.6 Å². The second-order valence-electron chi connectivity index (χ2n) is 6.39. The molecule has 0 atom stereocenters. The summed E-state index contributed by atoms with van der Waals surface area (Å²) in [5, 5.41) is 7.85. The minimum absolute atomic E-state index is 0.151. The summed E-state index contributed by atoms with van der Waals surface area (Å²) in [4.78, 5) is 20.8. The number of carbonyl (C=O) groups is 1. The number of aromatic nitrogens is 2. The van der Waals surface area contributed by atoms with E-state index >= 15 is 0 Å². The summed E-state index contributed by atoms with van der Waals surface area (Å²) in [7, 11) is 0. The van der Waals surface area contributed by atoms with E-state index in [1.807, 2.05) is 49.4 Å². The largest absolute Gasteiger partial charge is 0.384 e. The standard InChI is InChI=1S/C22H18N4O/c1-13-25-18-12-11-17(22(23)24)19(20(18)26-13)21(27)16-9-7-15(8-10-16)14-5-3-2-4-6-14/h2-12H,1H3,(H3,23,24)(H,25,26). The lowest BCUT2D eigenvalue weighted by molar-refractivity contribution is 0.104. The van der Waals surface area contributed by atoms with Crippen LogP contribution in [0.2, 0.25) is 0 Å². The zero-order valence-electron chi connectivity index (χ0n) is 14.8. The summed E-state index contributed by atoms with van der Waals surface area (Å²) in [5.41, 5.74) is 10.4. The monoisotopic (exact) mass is 354 g/mol. The number of nitrogens with zero attached hydrogens (tertiary/aromatic N) is 1. The number of H-pyrrole nitrogens is 1. The Hall–Kier alpha value is -3.73. The van der Waals surface area contributed by atoms with Crippen molar-refractivity contribution in [2.45, 2.75) is 6.92 Å². The molecule has 4 rings (SSSR count). The lowest BCUT2D eigenvalue weighted by Crippen LogP contribution is -2.17. The van der Waals surface area contributed by atoms with Crippen LogP contribution in [0.1, 0.15) is 27.3 Å². The van der Waals surface area contributed by atoms with Gasteiger partial charge in [0.1, 0.15) is 17.2 Å². The van der Waals surface area contributed by atoms with Crippen molar-refractivity contribution in [2.75, 3.05) is 0 Å². The molecule has 27 heavy (non-hydrogen) atoms. The number of rotatable bonds is 4. The molecule has 0 aliphatic heterocycles. The van der Waals surface area contributed by atoms with E-state index in [2.05, 4.69) is 9.97 Å². The normalized spacial score (nSPS) is 10.9. The van der Waals surface area contributed by atoms with Crippen molar-refractivity contribution >= 4 is 22.7 Å². The van der Waals surface area contributed by atoms with E-state index in [0.717, 1.165) is 16.6 Å². The van der Waals surface area contributed by atoms with Gasteiger partial charge in [0, 0.05) is 11.1 Å². The van der Waals surface area contributed by atoms with Gasteiger partial charge in [-0.2, -0.15) is 0 Å². The maximum atomic E-state index is 13.2. The molecule has 4 aromatic rings. The minimum atomic E-state index is -0.197. The second kappa shape index (κ2) is 6.53. The Labute approximate surface area is 156 Å². The average Bonchev–Trinajstić information content (AvgIpc) is 3.07. The number of ketones is 1. The van der Waals surface area contributed by atoms with Crippen LogP contribution in [0.15, 0.2) is 66.7 Å². The molecule has 0 aliphatic rings. The molecule has 0 amide bonds. The summed E-state index contributed by atoms with van der Waals surface area (Å²) in [5.74, 6) is 0.359. The third kappa shape index (κ3) is 3.00. The molecule has 0 bridgehead atoms. The number of imidazole rings is 1. The van der Waals surface area contributed by atoms with E-state index in [0.29, 0.717) is 28.0 Å². The van der Waals surface area contributed by atoms with Crippen LogP contribution in [0.3, 0.4) is 0 Å². The SMILES string of the molecule is Cc1nc2c(C(=O)c3ccc(-c4ccccc4)cc3)c(C(=N)N)ccc2[nH]1. The fraction of sp³-hybridized carbons (Fsp3) is 0.0455.